The molecule has 4 rings (SSSR count). The summed E-state index contributed by atoms with van der Waals surface area (Å²) in [5, 5.41) is 11.1. The number of carbonyl (C=O) groups is 2. The number of imide groups is 1. The van der Waals surface area contributed by atoms with Crippen LogP contribution in [0, 0.1) is 24.0 Å². The molecule has 0 N–H and O–H groups in total. The second kappa shape index (κ2) is 8.78. The maximum atomic E-state index is 13.7. The van der Waals surface area contributed by atoms with Gasteiger partial charge in [0.15, 0.2) is 0 Å². The lowest BCUT2D eigenvalue weighted by Crippen LogP contribution is -2.43. The van der Waals surface area contributed by atoms with Crippen LogP contribution in [-0.4, -0.2) is 59.8 Å². The fourth-order valence-corrected chi connectivity index (χ4v) is 4.70. The van der Waals surface area contributed by atoms with E-state index in [2.05, 4.69) is 11.9 Å². The van der Waals surface area contributed by atoms with Gasteiger partial charge in [0.05, 0.1) is 16.2 Å². The largest absolute Gasteiger partial charge is 0.366 e. The number of aryl methyl sites for hydroxylation is 2. The number of hydrogen-bond donors (Lipinski definition) is 0. The maximum absolute atomic E-state index is 13.7. The zero-order valence-electron chi connectivity index (χ0n) is 19.4. The van der Waals surface area contributed by atoms with Gasteiger partial charge in [-0.15, -0.1) is 0 Å². The van der Waals surface area contributed by atoms with Crippen LogP contribution in [0.25, 0.3) is 5.57 Å². The Hall–Kier alpha value is -3.52. The molecule has 2 heterocycles. The SMILES string of the molecule is Cc1ccc(N2C(=O)C(c3ccc([N+](=O)[O-])cc3)=C(N(C)C3CCN(C)CC3)C2=O)c(C)c1. The number of anilines is 1. The van der Waals surface area contributed by atoms with Gasteiger partial charge in [0.2, 0.25) is 0 Å². The van der Waals surface area contributed by atoms with Gasteiger partial charge in [0, 0.05) is 25.2 Å². The van der Waals surface area contributed by atoms with Gasteiger partial charge in [-0.2, -0.15) is 0 Å². The molecule has 0 spiro atoms. The van der Waals surface area contributed by atoms with Crippen molar-refractivity contribution in [2.24, 2.45) is 0 Å². The average Bonchev–Trinajstić information content (AvgIpc) is 3.04. The summed E-state index contributed by atoms with van der Waals surface area (Å²) in [4.78, 5) is 43.5. The van der Waals surface area contributed by atoms with Crippen LogP contribution >= 0.6 is 0 Å². The Bertz CT molecular complexity index is 1150. The Labute approximate surface area is 193 Å². The number of piperidine rings is 1. The van der Waals surface area contributed by atoms with Gasteiger partial charge in [-0.1, -0.05) is 17.7 Å². The number of likely N-dealkylation sites (N-methyl/N-ethyl adjacent to an activating group) is 1. The Morgan fingerprint density at radius 3 is 2.21 bits per heavy atom. The van der Waals surface area contributed by atoms with Crippen LogP contribution < -0.4 is 4.90 Å². The van der Waals surface area contributed by atoms with E-state index in [0.717, 1.165) is 37.1 Å². The van der Waals surface area contributed by atoms with E-state index in [4.69, 9.17) is 0 Å². The molecule has 0 unspecified atom stereocenters. The van der Waals surface area contributed by atoms with E-state index in [1.54, 1.807) is 18.2 Å². The van der Waals surface area contributed by atoms with Gasteiger partial charge < -0.3 is 9.80 Å². The second-order valence-electron chi connectivity index (χ2n) is 8.91. The lowest BCUT2D eigenvalue weighted by Gasteiger charge is -2.36. The minimum Gasteiger partial charge on any atom is -0.366 e. The predicted molar refractivity (Wildman–Crippen MR) is 127 cm³/mol. The molecular weight excluding hydrogens is 420 g/mol. The summed E-state index contributed by atoms with van der Waals surface area (Å²) in [6.45, 7) is 5.67. The van der Waals surface area contributed by atoms with Crippen molar-refractivity contribution < 1.29 is 14.5 Å². The van der Waals surface area contributed by atoms with Crippen LogP contribution in [0.3, 0.4) is 0 Å². The topological polar surface area (TPSA) is 87.0 Å². The van der Waals surface area contributed by atoms with Crippen molar-refractivity contribution in [2.75, 3.05) is 32.1 Å². The lowest BCUT2D eigenvalue weighted by atomic mass is 10.00. The minimum absolute atomic E-state index is 0.0624. The number of nitrogens with zero attached hydrogens (tertiary/aromatic N) is 4. The number of nitro benzene ring substituents is 1. The van der Waals surface area contributed by atoms with Crippen molar-refractivity contribution in [1.29, 1.82) is 0 Å². The highest BCUT2D eigenvalue weighted by molar-refractivity contribution is 6.45. The Balaban J connectivity index is 1.81. The number of amides is 2. The van der Waals surface area contributed by atoms with Crippen molar-refractivity contribution in [3.8, 4) is 0 Å². The Morgan fingerprint density at radius 1 is 1.00 bits per heavy atom. The third-order valence-electron chi connectivity index (χ3n) is 6.61. The van der Waals surface area contributed by atoms with Crippen molar-refractivity contribution in [1.82, 2.24) is 9.80 Å². The fourth-order valence-electron chi connectivity index (χ4n) is 4.70. The number of nitro groups is 1. The first kappa shape index (κ1) is 22.7. The third kappa shape index (κ3) is 4.14. The van der Waals surface area contributed by atoms with Gasteiger partial charge in [0.1, 0.15) is 5.70 Å². The molecule has 8 heteroatoms. The van der Waals surface area contributed by atoms with E-state index in [1.165, 1.54) is 17.0 Å². The van der Waals surface area contributed by atoms with Gasteiger partial charge in [-0.05, 0) is 76.2 Å². The van der Waals surface area contributed by atoms with Crippen molar-refractivity contribution in [3.05, 3.63) is 75.0 Å². The van der Waals surface area contributed by atoms with E-state index >= 15 is 0 Å². The molecule has 0 aromatic heterocycles. The molecule has 2 aliphatic rings. The van der Waals surface area contributed by atoms with Gasteiger partial charge in [-0.25, -0.2) is 4.90 Å². The van der Waals surface area contributed by atoms with E-state index in [9.17, 15) is 19.7 Å². The molecule has 172 valence electrons. The summed E-state index contributed by atoms with van der Waals surface area (Å²) in [7, 11) is 3.94. The summed E-state index contributed by atoms with van der Waals surface area (Å²) in [6.07, 6.45) is 1.77. The smallest absolute Gasteiger partial charge is 0.282 e. The van der Waals surface area contributed by atoms with E-state index < -0.39 is 10.8 Å². The molecule has 1 fully saturated rings. The zero-order valence-corrected chi connectivity index (χ0v) is 19.4. The highest BCUT2D eigenvalue weighted by atomic mass is 16.6. The maximum Gasteiger partial charge on any atom is 0.282 e. The van der Waals surface area contributed by atoms with Crippen LogP contribution in [0.15, 0.2) is 48.2 Å². The van der Waals surface area contributed by atoms with E-state index in [0.29, 0.717) is 16.9 Å². The molecule has 33 heavy (non-hydrogen) atoms. The van der Waals surface area contributed by atoms with Crippen LogP contribution in [0.5, 0.6) is 0 Å². The standard InChI is InChI=1S/C25H28N4O4/c1-16-5-10-21(17(2)15-16)28-24(30)22(18-6-8-20(9-7-18)29(32)33)23(25(28)31)27(4)19-11-13-26(3)14-12-19/h5-10,15,19H,11-14H2,1-4H3. The number of carbonyl (C=O) groups excluding carboxylic acids is 2. The Morgan fingerprint density at radius 2 is 1.64 bits per heavy atom. The van der Waals surface area contributed by atoms with Crippen molar-refractivity contribution in [3.63, 3.8) is 0 Å². The molecule has 2 aromatic rings. The van der Waals surface area contributed by atoms with E-state index in [-0.39, 0.29) is 23.2 Å². The minimum atomic E-state index is -0.479. The van der Waals surface area contributed by atoms with Gasteiger partial charge in [0.25, 0.3) is 17.5 Å². The lowest BCUT2D eigenvalue weighted by molar-refractivity contribution is -0.384. The first-order valence-corrected chi connectivity index (χ1v) is 11.1. The van der Waals surface area contributed by atoms with Crippen LogP contribution in [0.1, 0.15) is 29.5 Å². The fraction of sp³-hybridized carbons (Fsp3) is 0.360. The molecular formula is C25H28N4O4. The highest BCUT2D eigenvalue weighted by Crippen LogP contribution is 2.37. The van der Waals surface area contributed by atoms with Crippen molar-refractivity contribution >= 4 is 28.8 Å². The summed E-state index contributed by atoms with van der Waals surface area (Å²) < 4.78 is 0. The molecule has 8 nitrogen and oxygen atoms in total. The molecule has 0 atom stereocenters. The summed E-state index contributed by atoms with van der Waals surface area (Å²) >= 11 is 0. The number of likely N-dealkylation sites (tertiary alicyclic amines) is 1. The molecule has 2 aromatic carbocycles. The van der Waals surface area contributed by atoms with Crippen LogP contribution in [0.2, 0.25) is 0 Å². The van der Waals surface area contributed by atoms with Gasteiger partial charge in [-0.3, -0.25) is 19.7 Å². The quantitative estimate of drug-likeness (QED) is 0.395. The monoisotopic (exact) mass is 448 g/mol. The predicted octanol–water partition coefficient (Wildman–Crippen LogP) is 3.52. The first-order chi connectivity index (χ1) is 15.7. The molecule has 0 saturated carbocycles. The normalized spacial score (nSPS) is 17.8. The van der Waals surface area contributed by atoms with Crippen LogP contribution in [0.4, 0.5) is 11.4 Å². The molecule has 0 radical (unpaired) electrons. The zero-order chi connectivity index (χ0) is 23.9. The second-order valence-corrected chi connectivity index (χ2v) is 8.91. The molecule has 2 aliphatic heterocycles. The molecule has 0 bridgehead atoms. The highest BCUT2D eigenvalue weighted by Gasteiger charge is 2.43. The van der Waals surface area contributed by atoms with Crippen molar-refractivity contribution in [2.45, 2.75) is 32.7 Å². The Kier molecular flexibility index (Phi) is 6.03. The number of benzene rings is 2. The summed E-state index contributed by atoms with van der Waals surface area (Å²) in [6, 6.07) is 11.6. The molecule has 2 amide bonds. The first-order valence-electron chi connectivity index (χ1n) is 11.1. The van der Waals surface area contributed by atoms with Crippen LogP contribution in [-0.2, 0) is 9.59 Å². The summed E-state index contributed by atoms with van der Waals surface area (Å²) in [5.41, 5.74) is 3.51. The number of rotatable bonds is 5. The third-order valence-corrected chi connectivity index (χ3v) is 6.61. The number of non-ortho nitro benzene ring substituents is 1. The molecule has 1 saturated heterocycles. The summed E-state index contributed by atoms with van der Waals surface area (Å²) in [5.74, 6) is -0.766. The van der Waals surface area contributed by atoms with E-state index in [1.807, 2.05) is 37.9 Å². The van der Waals surface area contributed by atoms with Gasteiger partial charge >= 0.3 is 0 Å². The average molecular weight is 449 g/mol. The molecule has 0 aliphatic carbocycles. The number of hydrogen-bond acceptors (Lipinski definition) is 6.